The average Bonchev–Trinajstić information content (AvgIpc) is 2.42. The number of piperazine rings is 1. The van der Waals surface area contributed by atoms with Crippen LogP contribution in [0.15, 0.2) is 0 Å². The van der Waals surface area contributed by atoms with Crippen molar-refractivity contribution in [2.45, 2.75) is 90.8 Å². The fraction of sp³-hybridized carbons (Fsp3) is 1.00. The first-order valence-corrected chi connectivity index (χ1v) is 8.25. The third-order valence-corrected chi connectivity index (χ3v) is 4.49. The fourth-order valence-electron chi connectivity index (χ4n) is 3.24. The Morgan fingerprint density at radius 3 is 2.39 bits per heavy atom. The molecule has 0 aromatic heterocycles. The molecule has 1 N–H and O–H groups in total. The quantitative estimate of drug-likeness (QED) is 0.708. The predicted molar refractivity (Wildman–Crippen MR) is 81.1 cm³/mol. The van der Waals surface area contributed by atoms with Crippen LogP contribution in [0.4, 0.5) is 0 Å². The van der Waals surface area contributed by atoms with Gasteiger partial charge < -0.3 is 5.32 Å². The van der Waals surface area contributed by atoms with Gasteiger partial charge in [-0.05, 0) is 25.7 Å². The van der Waals surface area contributed by atoms with E-state index < -0.39 is 0 Å². The van der Waals surface area contributed by atoms with Crippen molar-refractivity contribution >= 4 is 0 Å². The molecule has 1 saturated heterocycles. The number of nitrogens with one attached hydrogen (secondary N) is 1. The highest BCUT2D eigenvalue weighted by molar-refractivity contribution is 4.88. The van der Waals surface area contributed by atoms with Gasteiger partial charge in [0.2, 0.25) is 0 Å². The highest BCUT2D eigenvalue weighted by Crippen LogP contribution is 2.22. The molecule has 0 aromatic rings. The van der Waals surface area contributed by atoms with Crippen LogP contribution < -0.4 is 5.32 Å². The molecule has 0 radical (unpaired) electrons. The predicted octanol–water partition coefficient (Wildman–Crippen LogP) is 3.81. The summed E-state index contributed by atoms with van der Waals surface area (Å²) in [5.74, 6) is 0. The van der Waals surface area contributed by atoms with E-state index in [0.717, 1.165) is 12.1 Å². The van der Waals surface area contributed by atoms with E-state index in [-0.39, 0.29) is 0 Å². The minimum atomic E-state index is 0.716. The molecule has 1 rings (SSSR count). The van der Waals surface area contributed by atoms with Crippen molar-refractivity contribution in [2.75, 3.05) is 13.1 Å². The zero-order valence-corrected chi connectivity index (χ0v) is 13.0. The van der Waals surface area contributed by atoms with E-state index in [9.17, 15) is 0 Å². The van der Waals surface area contributed by atoms with E-state index in [4.69, 9.17) is 0 Å². The third-order valence-electron chi connectivity index (χ3n) is 4.49. The minimum Gasteiger partial charge on any atom is -0.311 e. The van der Waals surface area contributed by atoms with Crippen LogP contribution in [0.5, 0.6) is 0 Å². The van der Waals surface area contributed by atoms with Crippen LogP contribution >= 0.6 is 0 Å². The van der Waals surface area contributed by atoms with Gasteiger partial charge in [0.15, 0.2) is 0 Å². The molecular weight excluding hydrogens is 220 g/mol. The Labute approximate surface area is 115 Å². The molecule has 1 fully saturated rings. The van der Waals surface area contributed by atoms with Gasteiger partial charge in [-0.2, -0.15) is 0 Å². The molecule has 1 aliphatic heterocycles. The number of unbranched alkanes of at least 4 members (excludes halogenated alkanes) is 1. The number of rotatable bonds is 8. The second-order valence-electron chi connectivity index (χ2n) is 5.86. The molecule has 0 amide bonds. The molecule has 0 aromatic carbocycles. The Balaban J connectivity index is 2.63. The summed E-state index contributed by atoms with van der Waals surface area (Å²) >= 11 is 0. The zero-order chi connectivity index (χ0) is 13.4. The second kappa shape index (κ2) is 8.92. The van der Waals surface area contributed by atoms with Crippen molar-refractivity contribution in [3.05, 3.63) is 0 Å². The van der Waals surface area contributed by atoms with Gasteiger partial charge in [-0.3, -0.25) is 4.90 Å². The van der Waals surface area contributed by atoms with Crippen molar-refractivity contribution in [3.8, 4) is 0 Å². The second-order valence-corrected chi connectivity index (χ2v) is 5.86. The Morgan fingerprint density at radius 1 is 1.06 bits per heavy atom. The van der Waals surface area contributed by atoms with Gasteiger partial charge in [0.1, 0.15) is 0 Å². The molecule has 108 valence electrons. The monoisotopic (exact) mass is 254 g/mol. The van der Waals surface area contributed by atoms with Crippen molar-refractivity contribution < 1.29 is 0 Å². The summed E-state index contributed by atoms with van der Waals surface area (Å²) in [5, 5.41) is 3.71. The first-order valence-electron chi connectivity index (χ1n) is 8.25. The van der Waals surface area contributed by atoms with Gasteiger partial charge in [0, 0.05) is 31.2 Å². The standard InChI is InChI=1S/C16H34N2/c1-5-9-11-16(10-6-2)18-13-14(7-3)17-12-15(18)8-4/h14-17H,5-13H2,1-4H3. The molecule has 3 unspecified atom stereocenters. The summed E-state index contributed by atoms with van der Waals surface area (Å²) in [4.78, 5) is 2.84. The Hall–Kier alpha value is -0.0800. The highest BCUT2D eigenvalue weighted by atomic mass is 15.3. The first kappa shape index (κ1) is 16.0. The lowest BCUT2D eigenvalue weighted by atomic mass is 9.96. The third kappa shape index (κ3) is 4.55. The highest BCUT2D eigenvalue weighted by Gasteiger charge is 2.30. The largest absolute Gasteiger partial charge is 0.311 e. The van der Waals surface area contributed by atoms with Crippen molar-refractivity contribution in [2.24, 2.45) is 0 Å². The van der Waals surface area contributed by atoms with Gasteiger partial charge in [-0.1, -0.05) is 47.0 Å². The maximum Gasteiger partial charge on any atom is 0.0221 e. The van der Waals surface area contributed by atoms with Gasteiger partial charge in [-0.15, -0.1) is 0 Å². The maximum atomic E-state index is 3.71. The van der Waals surface area contributed by atoms with E-state index in [1.165, 1.54) is 58.0 Å². The lowest BCUT2D eigenvalue weighted by molar-refractivity contribution is 0.0671. The summed E-state index contributed by atoms with van der Waals surface area (Å²) in [6, 6.07) is 2.31. The van der Waals surface area contributed by atoms with Crippen LogP contribution in [-0.2, 0) is 0 Å². The molecular formula is C16H34N2. The number of hydrogen-bond acceptors (Lipinski definition) is 2. The first-order chi connectivity index (χ1) is 8.76. The SMILES string of the molecule is CCCCC(CCC)N1CC(CC)NCC1CC. The van der Waals surface area contributed by atoms with E-state index >= 15 is 0 Å². The van der Waals surface area contributed by atoms with Crippen molar-refractivity contribution in [1.29, 1.82) is 0 Å². The molecule has 0 spiro atoms. The molecule has 0 bridgehead atoms. The summed E-state index contributed by atoms with van der Waals surface area (Å²) in [6.45, 7) is 11.8. The number of hydrogen-bond donors (Lipinski definition) is 1. The van der Waals surface area contributed by atoms with Gasteiger partial charge in [0.25, 0.3) is 0 Å². The molecule has 1 aliphatic rings. The fourth-order valence-corrected chi connectivity index (χ4v) is 3.24. The van der Waals surface area contributed by atoms with Gasteiger partial charge in [-0.25, -0.2) is 0 Å². The van der Waals surface area contributed by atoms with Crippen molar-refractivity contribution in [3.63, 3.8) is 0 Å². The molecule has 0 saturated carbocycles. The lowest BCUT2D eigenvalue weighted by Gasteiger charge is -2.44. The molecule has 18 heavy (non-hydrogen) atoms. The van der Waals surface area contributed by atoms with E-state index in [2.05, 4.69) is 37.9 Å². The Morgan fingerprint density at radius 2 is 1.83 bits per heavy atom. The number of nitrogens with zero attached hydrogens (tertiary/aromatic N) is 1. The normalized spacial score (nSPS) is 27.3. The lowest BCUT2D eigenvalue weighted by Crippen LogP contribution is -2.59. The van der Waals surface area contributed by atoms with Gasteiger partial charge in [0.05, 0.1) is 0 Å². The van der Waals surface area contributed by atoms with Crippen LogP contribution in [0.25, 0.3) is 0 Å². The Bertz CT molecular complexity index is 205. The van der Waals surface area contributed by atoms with E-state index in [0.29, 0.717) is 6.04 Å². The van der Waals surface area contributed by atoms with Crippen LogP contribution in [0, 0.1) is 0 Å². The summed E-state index contributed by atoms with van der Waals surface area (Å²) in [6.07, 6.45) is 9.38. The Kier molecular flexibility index (Phi) is 7.92. The summed E-state index contributed by atoms with van der Waals surface area (Å²) < 4.78 is 0. The molecule has 3 atom stereocenters. The van der Waals surface area contributed by atoms with E-state index in [1.54, 1.807) is 0 Å². The average molecular weight is 254 g/mol. The summed E-state index contributed by atoms with van der Waals surface area (Å²) in [7, 11) is 0. The molecule has 2 nitrogen and oxygen atoms in total. The maximum absolute atomic E-state index is 3.71. The minimum absolute atomic E-state index is 0.716. The van der Waals surface area contributed by atoms with Crippen LogP contribution in [0.1, 0.15) is 72.6 Å². The zero-order valence-electron chi connectivity index (χ0n) is 13.0. The van der Waals surface area contributed by atoms with Crippen molar-refractivity contribution in [1.82, 2.24) is 10.2 Å². The van der Waals surface area contributed by atoms with Gasteiger partial charge >= 0.3 is 0 Å². The molecule has 1 heterocycles. The molecule has 2 heteroatoms. The van der Waals surface area contributed by atoms with Crippen LogP contribution in [0.2, 0.25) is 0 Å². The molecule has 0 aliphatic carbocycles. The topological polar surface area (TPSA) is 15.3 Å². The summed E-state index contributed by atoms with van der Waals surface area (Å²) in [5.41, 5.74) is 0. The smallest absolute Gasteiger partial charge is 0.0221 e. The van der Waals surface area contributed by atoms with E-state index in [1.807, 2.05) is 0 Å². The van der Waals surface area contributed by atoms with Crippen LogP contribution in [0.3, 0.4) is 0 Å². The van der Waals surface area contributed by atoms with Crippen LogP contribution in [-0.4, -0.2) is 36.1 Å².